The van der Waals surface area contributed by atoms with Crippen molar-refractivity contribution in [3.63, 3.8) is 0 Å². The van der Waals surface area contributed by atoms with E-state index in [1.165, 1.54) is 218 Å². The first-order chi connectivity index (χ1) is 30.0. The molecule has 0 aromatic carbocycles. The lowest BCUT2D eigenvalue weighted by atomic mass is 10.0. The van der Waals surface area contributed by atoms with E-state index in [4.69, 9.17) is 14.2 Å². The Balaban J connectivity index is 4.29. The summed E-state index contributed by atoms with van der Waals surface area (Å²) in [6.45, 7) is 6.69. The fraction of sp³-hybridized carbons (Fsp3) is 0.945. The molecule has 0 aliphatic heterocycles. The monoisotopic (exact) mass is 863 g/mol. The topological polar surface area (TPSA) is 78.9 Å². The first-order valence-electron chi connectivity index (χ1n) is 27.5. The zero-order chi connectivity index (χ0) is 44.4. The largest absolute Gasteiger partial charge is 0.462 e. The quantitative estimate of drug-likeness (QED) is 0.0344. The minimum absolute atomic E-state index is 0.0613. The summed E-state index contributed by atoms with van der Waals surface area (Å²) in [5.41, 5.74) is 0. The van der Waals surface area contributed by atoms with E-state index in [0.29, 0.717) is 19.3 Å². The molecular weight excluding hydrogens is 757 g/mol. The van der Waals surface area contributed by atoms with Crippen LogP contribution in [-0.4, -0.2) is 37.2 Å². The molecule has 6 heteroatoms. The average molecular weight is 863 g/mol. The van der Waals surface area contributed by atoms with Crippen molar-refractivity contribution in [2.24, 2.45) is 0 Å². The second-order valence-electron chi connectivity index (χ2n) is 18.9. The van der Waals surface area contributed by atoms with Crippen molar-refractivity contribution in [3.05, 3.63) is 0 Å². The Labute approximate surface area is 380 Å². The van der Waals surface area contributed by atoms with Crippen molar-refractivity contribution in [3.8, 4) is 0 Å². The maximum Gasteiger partial charge on any atom is 0.306 e. The molecule has 0 aliphatic carbocycles. The molecule has 0 rings (SSSR count). The Morgan fingerprint density at radius 2 is 0.443 bits per heavy atom. The number of carbonyl (C=O) groups excluding carboxylic acids is 3. The van der Waals surface area contributed by atoms with Crippen LogP contribution in [0.1, 0.15) is 316 Å². The Morgan fingerprint density at radius 3 is 0.656 bits per heavy atom. The highest BCUT2D eigenvalue weighted by Gasteiger charge is 2.19. The molecule has 61 heavy (non-hydrogen) atoms. The van der Waals surface area contributed by atoms with E-state index in [-0.39, 0.29) is 31.1 Å². The number of unbranched alkanes of at least 4 members (excludes halogenated alkanes) is 40. The van der Waals surface area contributed by atoms with E-state index in [1.807, 2.05) is 0 Å². The van der Waals surface area contributed by atoms with E-state index in [9.17, 15) is 14.4 Å². The smallest absolute Gasteiger partial charge is 0.306 e. The molecule has 0 heterocycles. The Morgan fingerprint density at radius 1 is 0.262 bits per heavy atom. The van der Waals surface area contributed by atoms with Gasteiger partial charge in [0.2, 0.25) is 0 Å². The highest BCUT2D eigenvalue weighted by Crippen LogP contribution is 2.17. The van der Waals surface area contributed by atoms with Crippen LogP contribution < -0.4 is 0 Å². The fourth-order valence-corrected chi connectivity index (χ4v) is 8.45. The fourth-order valence-electron chi connectivity index (χ4n) is 8.45. The van der Waals surface area contributed by atoms with Gasteiger partial charge in [-0.1, -0.05) is 278 Å². The molecular formula is C55H106O6. The third-order valence-electron chi connectivity index (χ3n) is 12.6. The van der Waals surface area contributed by atoms with Crippen LogP contribution in [0.25, 0.3) is 0 Å². The number of ether oxygens (including phenoxy) is 3. The van der Waals surface area contributed by atoms with Gasteiger partial charge in [0, 0.05) is 19.3 Å². The molecule has 0 spiro atoms. The predicted molar refractivity (Wildman–Crippen MR) is 261 cm³/mol. The minimum atomic E-state index is -0.760. The van der Waals surface area contributed by atoms with E-state index < -0.39 is 6.10 Å². The lowest BCUT2D eigenvalue weighted by molar-refractivity contribution is -0.167. The number of esters is 3. The molecule has 362 valence electrons. The third kappa shape index (κ3) is 49.3. The Kier molecular flexibility index (Phi) is 49.7. The second-order valence-corrected chi connectivity index (χ2v) is 18.9. The van der Waals surface area contributed by atoms with Crippen LogP contribution in [0.5, 0.6) is 0 Å². The third-order valence-corrected chi connectivity index (χ3v) is 12.6. The van der Waals surface area contributed by atoms with E-state index >= 15 is 0 Å². The van der Waals surface area contributed by atoms with Gasteiger partial charge in [0.05, 0.1) is 0 Å². The summed E-state index contributed by atoms with van der Waals surface area (Å²) in [5.74, 6) is -0.836. The van der Waals surface area contributed by atoms with Crippen molar-refractivity contribution in [1.82, 2.24) is 0 Å². The molecule has 1 atom stereocenters. The maximum absolute atomic E-state index is 12.8. The summed E-state index contributed by atoms with van der Waals surface area (Å²) in [6.07, 6.45) is 55.1. The second kappa shape index (κ2) is 51.0. The van der Waals surface area contributed by atoms with Crippen molar-refractivity contribution in [2.75, 3.05) is 13.2 Å². The summed E-state index contributed by atoms with van der Waals surface area (Å²) in [7, 11) is 0. The predicted octanol–water partition coefficient (Wildman–Crippen LogP) is 18.0. The van der Waals surface area contributed by atoms with Crippen molar-refractivity contribution < 1.29 is 28.6 Å². The van der Waals surface area contributed by atoms with Crippen LogP contribution in [0.2, 0.25) is 0 Å². The summed E-state index contributed by atoms with van der Waals surface area (Å²) < 4.78 is 16.8. The van der Waals surface area contributed by atoms with Gasteiger partial charge in [0.25, 0.3) is 0 Å². The van der Waals surface area contributed by atoms with Gasteiger partial charge >= 0.3 is 17.9 Å². The van der Waals surface area contributed by atoms with Crippen LogP contribution in [0.3, 0.4) is 0 Å². The first kappa shape index (κ1) is 59.4. The van der Waals surface area contributed by atoms with Gasteiger partial charge < -0.3 is 14.2 Å². The van der Waals surface area contributed by atoms with Crippen molar-refractivity contribution >= 4 is 17.9 Å². The zero-order valence-corrected chi connectivity index (χ0v) is 41.5. The van der Waals surface area contributed by atoms with Crippen LogP contribution in [0.4, 0.5) is 0 Å². The van der Waals surface area contributed by atoms with E-state index in [0.717, 1.165) is 57.8 Å². The van der Waals surface area contributed by atoms with Gasteiger partial charge in [-0.25, -0.2) is 0 Å². The number of hydrogen-bond acceptors (Lipinski definition) is 6. The molecule has 0 saturated heterocycles. The molecule has 0 aromatic heterocycles. The Bertz CT molecular complexity index is 905. The molecule has 0 amide bonds. The summed E-state index contributed by atoms with van der Waals surface area (Å²) in [5, 5.41) is 0. The van der Waals surface area contributed by atoms with Gasteiger partial charge in [0.1, 0.15) is 13.2 Å². The lowest BCUT2D eigenvalue weighted by Crippen LogP contribution is -2.30. The highest BCUT2D eigenvalue weighted by atomic mass is 16.6. The number of carbonyl (C=O) groups is 3. The van der Waals surface area contributed by atoms with Crippen LogP contribution in [-0.2, 0) is 28.6 Å². The molecule has 0 fully saturated rings. The number of rotatable bonds is 51. The highest BCUT2D eigenvalue weighted by molar-refractivity contribution is 5.71. The molecule has 0 unspecified atom stereocenters. The van der Waals surface area contributed by atoms with Crippen LogP contribution in [0.15, 0.2) is 0 Å². The first-order valence-corrected chi connectivity index (χ1v) is 27.5. The molecule has 0 aromatic rings. The minimum Gasteiger partial charge on any atom is -0.462 e. The summed E-state index contributed by atoms with van der Waals surface area (Å²) >= 11 is 0. The molecule has 0 saturated carbocycles. The maximum atomic E-state index is 12.8. The number of hydrogen-bond donors (Lipinski definition) is 0. The molecule has 6 nitrogen and oxygen atoms in total. The zero-order valence-electron chi connectivity index (χ0n) is 41.5. The van der Waals surface area contributed by atoms with Crippen molar-refractivity contribution in [2.45, 2.75) is 322 Å². The van der Waals surface area contributed by atoms with Gasteiger partial charge in [-0.05, 0) is 19.3 Å². The van der Waals surface area contributed by atoms with Gasteiger partial charge in [-0.2, -0.15) is 0 Å². The molecule has 0 N–H and O–H groups in total. The summed E-state index contributed by atoms with van der Waals surface area (Å²) in [6, 6.07) is 0. The van der Waals surface area contributed by atoms with Gasteiger partial charge in [0.15, 0.2) is 6.10 Å². The lowest BCUT2D eigenvalue weighted by Gasteiger charge is -2.18. The average Bonchev–Trinajstić information content (AvgIpc) is 3.26. The van der Waals surface area contributed by atoms with E-state index in [2.05, 4.69) is 20.8 Å². The SMILES string of the molecule is CCCCCCCCCCCCCCCCCCC(=O)OC[C@@H](COC(=O)CCCCCCCCCCCCCC)OC(=O)CCCCCCCCCCCCCCCCC. The molecule has 0 bridgehead atoms. The van der Waals surface area contributed by atoms with Gasteiger partial charge in [-0.3, -0.25) is 14.4 Å². The summed E-state index contributed by atoms with van der Waals surface area (Å²) in [4.78, 5) is 38.0. The van der Waals surface area contributed by atoms with Crippen molar-refractivity contribution in [1.29, 1.82) is 0 Å². The standard InChI is InChI=1S/C55H106O6/c1-4-7-10-13-16-19-22-25-27-29-30-33-36-39-42-45-48-54(57)60-51-52(50-59-53(56)47-44-41-38-35-32-24-21-18-15-12-9-6-3)61-55(58)49-46-43-40-37-34-31-28-26-23-20-17-14-11-8-5-2/h52H,4-51H2,1-3H3/t52-/m1/s1. The molecule has 0 radical (unpaired) electrons. The Hall–Kier alpha value is -1.59. The molecule has 0 aliphatic rings. The van der Waals surface area contributed by atoms with Crippen LogP contribution in [0, 0.1) is 0 Å². The van der Waals surface area contributed by atoms with E-state index in [1.54, 1.807) is 0 Å². The van der Waals surface area contributed by atoms with Gasteiger partial charge in [-0.15, -0.1) is 0 Å². The van der Waals surface area contributed by atoms with Crippen LogP contribution >= 0.6 is 0 Å². The normalized spacial score (nSPS) is 11.9.